The first kappa shape index (κ1) is 53.5. The van der Waals surface area contributed by atoms with Crippen LogP contribution in [-0.2, 0) is 29.7 Å². The Morgan fingerprint density at radius 2 is 0.587 bits per heavy atom. The largest absolute Gasteiger partial charge is 1.00 e. The Balaban J connectivity index is -0.000000227. The Labute approximate surface area is 309 Å². The van der Waals surface area contributed by atoms with Crippen molar-refractivity contribution in [3.63, 3.8) is 0 Å². The van der Waals surface area contributed by atoms with Crippen LogP contribution in [0.2, 0.25) is 0 Å². The number of rotatable bonds is 32. The van der Waals surface area contributed by atoms with Gasteiger partial charge in [-0.15, -0.1) is 0 Å². The van der Waals surface area contributed by atoms with E-state index in [0.717, 1.165) is 26.1 Å². The normalized spacial score (nSPS) is 11.3. The van der Waals surface area contributed by atoms with Gasteiger partial charge in [-0.05, 0) is 19.3 Å². The second-order valence-electron chi connectivity index (χ2n) is 12.1. The molecule has 0 heterocycles. The maximum atomic E-state index is 10.2. The Bertz CT molecular complexity index is 729. The fraction of sp³-hybridized carbons (Fsp3) is 1.00. The summed E-state index contributed by atoms with van der Waals surface area (Å²) in [7, 11) is -8.90. The smallest absolute Gasteiger partial charge is 1.00 e. The van der Waals surface area contributed by atoms with Gasteiger partial charge in [-0.1, -0.05) is 181 Å². The van der Waals surface area contributed by atoms with Crippen molar-refractivity contribution in [3.05, 3.63) is 0 Å². The van der Waals surface area contributed by atoms with Crippen LogP contribution in [0.5, 0.6) is 0 Å². The monoisotopic (exact) mass is 714 g/mol. The molecule has 0 rings (SSSR count). The van der Waals surface area contributed by atoms with E-state index in [1.165, 1.54) is 161 Å². The molecule has 0 aromatic rings. The van der Waals surface area contributed by atoms with E-state index in [1.807, 2.05) is 0 Å². The summed E-state index contributed by atoms with van der Waals surface area (Å²) < 4.78 is 70.2. The van der Waals surface area contributed by atoms with Crippen molar-refractivity contribution in [1.29, 1.82) is 0 Å². The van der Waals surface area contributed by atoms with Crippen molar-refractivity contribution in [2.45, 2.75) is 201 Å². The molecule has 0 aliphatic rings. The molecule has 46 heavy (non-hydrogen) atoms. The van der Waals surface area contributed by atoms with Crippen molar-refractivity contribution < 1.29 is 70.4 Å². The van der Waals surface area contributed by atoms with E-state index in [4.69, 9.17) is 26.8 Å². The van der Waals surface area contributed by atoms with Crippen LogP contribution < -0.4 is 29.6 Å². The molecule has 0 saturated carbocycles. The summed E-state index contributed by atoms with van der Waals surface area (Å²) in [6, 6.07) is 0. The molecule has 12 heteroatoms. The predicted molar refractivity (Wildman–Crippen MR) is 190 cm³/mol. The summed E-state index contributed by atoms with van der Waals surface area (Å²) >= 11 is 0. The molecule has 0 amide bonds. The van der Waals surface area contributed by atoms with Gasteiger partial charge in [0.05, 0.1) is 6.61 Å². The molecule has 0 aromatic heterocycles. The van der Waals surface area contributed by atoms with Crippen molar-refractivity contribution in [3.8, 4) is 0 Å². The molecule has 0 unspecified atom stereocenters. The van der Waals surface area contributed by atoms with Gasteiger partial charge >= 0.3 is 50.4 Å². The SMILES string of the molecule is CCCCCCCCCCCCOCCCCCCCCCCCC.CCCCCCCCCCOS(=O)(=O)O.O=S(=O)(O)O.[H-].[Na+]. The van der Waals surface area contributed by atoms with E-state index in [0.29, 0.717) is 6.42 Å². The summed E-state index contributed by atoms with van der Waals surface area (Å²) in [6.45, 7) is 8.85. The fourth-order valence-electron chi connectivity index (χ4n) is 4.89. The van der Waals surface area contributed by atoms with Crippen LogP contribution in [0.4, 0.5) is 0 Å². The molecular weight excluding hydrogens is 639 g/mol. The molecule has 0 spiro atoms. The second kappa shape index (κ2) is 43.7. The molecule has 0 radical (unpaired) electrons. The van der Waals surface area contributed by atoms with E-state index in [1.54, 1.807) is 0 Å². The first-order valence-corrected chi connectivity index (χ1v) is 21.1. The van der Waals surface area contributed by atoms with Gasteiger partial charge < -0.3 is 6.16 Å². The summed E-state index contributed by atoms with van der Waals surface area (Å²) in [5.41, 5.74) is 0. The second-order valence-corrected chi connectivity index (χ2v) is 14.1. The first-order chi connectivity index (χ1) is 21.5. The zero-order valence-corrected chi connectivity index (χ0v) is 34.2. The fourth-order valence-corrected chi connectivity index (χ4v) is 5.21. The molecule has 3 N–H and O–H groups in total. The quantitative estimate of drug-likeness (QED) is 0.0356. The van der Waals surface area contributed by atoms with Crippen LogP contribution in [0.25, 0.3) is 0 Å². The van der Waals surface area contributed by atoms with Gasteiger partial charge in [0.15, 0.2) is 0 Å². The van der Waals surface area contributed by atoms with Crippen LogP contribution in [-0.4, -0.2) is 50.3 Å². The molecule has 278 valence electrons. The predicted octanol–water partition coefficient (Wildman–Crippen LogP) is 8.26. The standard InChI is InChI=1S/C24H50O.C10H22O4S.Na.H2O4S.H/c1-3-5-7-9-11-13-15-17-19-21-23-25-24-22-20-18-16-14-12-10-8-6-4-2;1-2-3-4-5-6-7-8-9-10-14-15(11,12)13;;1-5(2,3)4;/h3-24H2,1-2H3;2-10H2,1H3,(H,11,12,13);;(H2,1,2,3,4);/q;;+1;;-1. The summed E-state index contributed by atoms with van der Waals surface area (Å²) in [5.74, 6) is 0. The molecule has 9 nitrogen and oxygen atoms in total. The maximum absolute atomic E-state index is 10.2. The van der Waals surface area contributed by atoms with Gasteiger partial charge in [0, 0.05) is 13.2 Å². The van der Waals surface area contributed by atoms with Crippen LogP contribution in [0.15, 0.2) is 0 Å². The van der Waals surface area contributed by atoms with Crippen molar-refractivity contribution >= 4 is 20.8 Å². The molecule has 0 aromatic carbocycles. The third-order valence-corrected chi connectivity index (χ3v) is 7.98. The maximum Gasteiger partial charge on any atom is 1.00 e. The van der Waals surface area contributed by atoms with Crippen LogP contribution in [0.3, 0.4) is 0 Å². The molecular formula is C34H75NaO9S2. The Morgan fingerprint density at radius 1 is 0.391 bits per heavy atom. The minimum atomic E-state index is -4.67. The van der Waals surface area contributed by atoms with Crippen LogP contribution >= 0.6 is 0 Å². The minimum absolute atomic E-state index is 0. The third kappa shape index (κ3) is 70.9. The number of ether oxygens (including phenoxy) is 1. The average Bonchev–Trinajstić information content (AvgIpc) is 2.96. The molecule has 0 saturated heterocycles. The number of hydrogen-bond acceptors (Lipinski definition) is 6. The Morgan fingerprint density at radius 3 is 0.804 bits per heavy atom. The van der Waals surface area contributed by atoms with E-state index < -0.39 is 20.8 Å². The van der Waals surface area contributed by atoms with E-state index in [-0.39, 0.29) is 37.6 Å². The zero-order valence-electron chi connectivity index (χ0n) is 31.5. The van der Waals surface area contributed by atoms with Gasteiger partial charge in [-0.2, -0.15) is 16.8 Å². The third-order valence-electron chi connectivity index (χ3n) is 7.51. The molecule has 0 atom stereocenters. The first-order valence-electron chi connectivity index (χ1n) is 18.4. The van der Waals surface area contributed by atoms with Crippen LogP contribution in [0.1, 0.15) is 202 Å². The summed E-state index contributed by atoms with van der Waals surface area (Å²) in [6.07, 6.45) is 37.2. The minimum Gasteiger partial charge on any atom is -1.00 e. The summed E-state index contributed by atoms with van der Waals surface area (Å²) in [4.78, 5) is 0. The molecule has 0 fully saturated rings. The number of unbranched alkanes of at least 4 members (excludes halogenated alkanes) is 25. The molecule has 0 aliphatic carbocycles. The zero-order chi connectivity index (χ0) is 34.3. The van der Waals surface area contributed by atoms with Crippen molar-refractivity contribution in [2.75, 3.05) is 19.8 Å². The van der Waals surface area contributed by atoms with Crippen molar-refractivity contribution in [1.82, 2.24) is 0 Å². The Hall–Kier alpha value is 0.700. The van der Waals surface area contributed by atoms with E-state index >= 15 is 0 Å². The van der Waals surface area contributed by atoms with Gasteiger partial charge in [0.2, 0.25) is 0 Å². The van der Waals surface area contributed by atoms with E-state index in [2.05, 4.69) is 25.0 Å². The average molecular weight is 715 g/mol. The molecule has 0 bridgehead atoms. The van der Waals surface area contributed by atoms with Gasteiger partial charge in [-0.3, -0.25) is 13.7 Å². The van der Waals surface area contributed by atoms with Crippen molar-refractivity contribution in [2.24, 2.45) is 0 Å². The Kier molecular flexibility index (Phi) is 50.8. The van der Waals surface area contributed by atoms with Gasteiger partial charge in [0.1, 0.15) is 0 Å². The number of hydrogen-bond donors (Lipinski definition) is 3. The van der Waals surface area contributed by atoms with Crippen LogP contribution in [0, 0.1) is 0 Å². The van der Waals surface area contributed by atoms with Gasteiger partial charge in [-0.25, -0.2) is 4.18 Å². The van der Waals surface area contributed by atoms with Gasteiger partial charge in [0.25, 0.3) is 0 Å². The molecule has 0 aliphatic heterocycles. The topological polar surface area (TPSA) is 147 Å². The van der Waals surface area contributed by atoms with E-state index in [9.17, 15) is 8.42 Å². The summed E-state index contributed by atoms with van der Waals surface area (Å²) in [5, 5.41) is 0.